The number of nitrogens with one attached hydrogen (secondary N) is 1. The van der Waals surface area contributed by atoms with Gasteiger partial charge in [0.05, 0.1) is 0 Å². The van der Waals surface area contributed by atoms with Crippen LogP contribution in [0.2, 0.25) is 0 Å². The lowest BCUT2D eigenvalue weighted by Gasteiger charge is -2.19. The fourth-order valence-corrected chi connectivity index (χ4v) is 2.98. The molecule has 0 aliphatic carbocycles. The molecule has 0 fully saturated rings. The molecular weight excluding hydrogens is 378 g/mol. The van der Waals surface area contributed by atoms with Crippen molar-refractivity contribution in [3.8, 4) is 5.75 Å². The van der Waals surface area contributed by atoms with Gasteiger partial charge in [0.15, 0.2) is 6.61 Å². The Kier molecular flexibility index (Phi) is 6.86. The minimum absolute atomic E-state index is 0.288. The van der Waals surface area contributed by atoms with Gasteiger partial charge in [0, 0.05) is 11.3 Å². The third-order valence-corrected chi connectivity index (χ3v) is 4.59. The molecular formula is C25H25NO4. The Labute approximate surface area is 176 Å². The van der Waals surface area contributed by atoms with Gasteiger partial charge in [-0.2, -0.15) is 0 Å². The van der Waals surface area contributed by atoms with Crippen LogP contribution in [0, 0.1) is 20.8 Å². The number of esters is 1. The van der Waals surface area contributed by atoms with Gasteiger partial charge in [-0.1, -0.05) is 54.6 Å². The predicted molar refractivity (Wildman–Crippen MR) is 116 cm³/mol. The first-order valence-electron chi connectivity index (χ1n) is 9.74. The summed E-state index contributed by atoms with van der Waals surface area (Å²) in [6, 6.07) is 22.1. The topological polar surface area (TPSA) is 64.6 Å². The van der Waals surface area contributed by atoms with Crippen molar-refractivity contribution in [3.05, 3.63) is 95.1 Å². The highest BCUT2D eigenvalue weighted by Crippen LogP contribution is 2.23. The van der Waals surface area contributed by atoms with E-state index in [0.717, 1.165) is 16.7 Å². The maximum absolute atomic E-state index is 13.0. The van der Waals surface area contributed by atoms with Gasteiger partial charge < -0.3 is 14.8 Å². The van der Waals surface area contributed by atoms with Gasteiger partial charge in [-0.05, 0) is 55.7 Å². The molecule has 1 atom stereocenters. The molecule has 0 aromatic heterocycles. The van der Waals surface area contributed by atoms with Crippen LogP contribution in [0.25, 0.3) is 0 Å². The summed E-state index contributed by atoms with van der Waals surface area (Å²) < 4.78 is 11.0. The van der Waals surface area contributed by atoms with Crippen molar-refractivity contribution in [1.29, 1.82) is 0 Å². The fraction of sp³-hybridized carbons (Fsp3) is 0.200. The van der Waals surface area contributed by atoms with E-state index in [-0.39, 0.29) is 6.61 Å². The molecule has 0 heterocycles. The molecule has 0 aliphatic heterocycles. The maximum atomic E-state index is 13.0. The zero-order valence-corrected chi connectivity index (χ0v) is 17.3. The van der Waals surface area contributed by atoms with Crippen molar-refractivity contribution < 1.29 is 19.1 Å². The van der Waals surface area contributed by atoms with Crippen molar-refractivity contribution in [2.45, 2.75) is 26.9 Å². The van der Waals surface area contributed by atoms with E-state index >= 15 is 0 Å². The molecule has 30 heavy (non-hydrogen) atoms. The van der Waals surface area contributed by atoms with Gasteiger partial charge in [0.1, 0.15) is 5.75 Å². The zero-order valence-electron chi connectivity index (χ0n) is 17.3. The molecule has 0 aliphatic rings. The second-order valence-corrected chi connectivity index (χ2v) is 7.19. The monoisotopic (exact) mass is 403 g/mol. The van der Waals surface area contributed by atoms with E-state index in [4.69, 9.17) is 9.47 Å². The van der Waals surface area contributed by atoms with Gasteiger partial charge in [0.2, 0.25) is 6.10 Å². The van der Waals surface area contributed by atoms with E-state index in [2.05, 4.69) is 5.32 Å². The molecule has 0 unspecified atom stereocenters. The third-order valence-electron chi connectivity index (χ3n) is 4.59. The molecule has 3 aromatic carbocycles. The summed E-state index contributed by atoms with van der Waals surface area (Å²) >= 11 is 0. The Hall–Kier alpha value is -3.60. The number of anilines is 1. The van der Waals surface area contributed by atoms with E-state index in [1.165, 1.54) is 0 Å². The molecule has 1 N–H and O–H groups in total. The standard InChI is InChI=1S/C25H25NO4/c1-17-8-7-11-21(14-17)29-16-23(27)30-24(20-9-5-4-6-10-20)25(28)26-22-15-18(2)12-13-19(22)3/h4-15,24H,16H2,1-3H3,(H,26,28)/t24-/m1/s1. The lowest BCUT2D eigenvalue weighted by atomic mass is 10.1. The van der Waals surface area contributed by atoms with Gasteiger partial charge >= 0.3 is 5.97 Å². The van der Waals surface area contributed by atoms with Crippen LogP contribution in [-0.2, 0) is 14.3 Å². The van der Waals surface area contributed by atoms with E-state index < -0.39 is 18.0 Å². The van der Waals surface area contributed by atoms with Gasteiger partial charge in [0.25, 0.3) is 5.91 Å². The quantitative estimate of drug-likeness (QED) is 0.569. The first-order chi connectivity index (χ1) is 14.4. The van der Waals surface area contributed by atoms with Crippen molar-refractivity contribution in [1.82, 2.24) is 0 Å². The SMILES string of the molecule is Cc1cccc(OCC(=O)O[C@@H](C(=O)Nc2cc(C)ccc2C)c2ccccc2)c1. The van der Waals surface area contributed by atoms with Crippen molar-refractivity contribution in [2.24, 2.45) is 0 Å². The van der Waals surface area contributed by atoms with E-state index in [1.807, 2.05) is 63.2 Å². The van der Waals surface area contributed by atoms with Gasteiger partial charge in [-0.3, -0.25) is 4.79 Å². The third kappa shape index (κ3) is 5.70. The van der Waals surface area contributed by atoms with Crippen LogP contribution < -0.4 is 10.1 Å². The second kappa shape index (κ2) is 9.74. The molecule has 3 rings (SSSR count). The number of carbonyl (C=O) groups excluding carboxylic acids is 2. The number of aryl methyl sites for hydroxylation is 3. The minimum Gasteiger partial charge on any atom is -0.482 e. The molecule has 0 saturated heterocycles. The first-order valence-corrected chi connectivity index (χ1v) is 9.74. The molecule has 0 bridgehead atoms. The molecule has 5 heteroatoms. The average molecular weight is 403 g/mol. The normalized spacial score (nSPS) is 11.4. The smallest absolute Gasteiger partial charge is 0.345 e. The molecule has 3 aromatic rings. The van der Waals surface area contributed by atoms with E-state index in [1.54, 1.807) is 30.3 Å². The Bertz CT molecular complexity index is 1030. The Balaban J connectivity index is 1.73. The van der Waals surface area contributed by atoms with Crippen LogP contribution in [0.4, 0.5) is 5.69 Å². The highest BCUT2D eigenvalue weighted by Gasteiger charge is 2.25. The van der Waals surface area contributed by atoms with Crippen molar-refractivity contribution in [3.63, 3.8) is 0 Å². The second-order valence-electron chi connectivity index (χ2n) is 7.19. The van der Waals surface area contributed by atoms with Gasteiger partial charge in [-0.25, -0.2) is 4.79 Å². The summed E-state index contributed by atoms with van der Waals surface area (Å²) in [6.07, 6.45) is -1.08. The zero-order chi connectivity index (χ0) is 21.5. The van der Waals surface area contributed by atoms with Crippen LogP contribution >= 0.6 is 0 Å². The van der Waals surface area contributed by atoms with Crippen LogP contribution in [0.15, 0.2) is 72.8 Å². The summed E-state index contributed by atoms with van der Waals surface area (Å²) in [5.74, 6) is -0.469. The average Bonchev–Trinajstić information content (AvgIpc) is 2.74. The Morgan fingerprint density at radius 2 is 1.60 bits per heavy atom. The summed E-state index contributed by atoms with van der Waals surface area (Å²) in [5.41, 5.74) is 4.25. The maximum Gasteiger partial charge on any atom is 0.345 e. The largest absolute Gasteiger partial charge is 0.482 e. The molecule has 0 radical (unpaired) electrons. The summed E-state index contributed by atoms with van der Waals surface area (Å²) in [5, 5.41) is 2.88. The van der Waals surface area contributed by atoms with E-state index in [0.29, 0.717) is 17.0 Å². The predicted octanol–water partition coefficient (Wildman–Crippen LogP) is 4.91. The summed E-state index contributed by atoms with van der Waals surface area (Å²) in [7, 11) is 0. The number of benzene rings is 3. The Morgan fingerprint density at radius 3 is 2.33 bits per heavy atom. The number of hydrogen-bond donors (Lipinski definition) is 1. The Morgan fingerprint density at radius 1 is 0.867 bits per heavy atom. The lowest BCUT2D eigenvalue weighted by Crippen LogP contribution is -2.28. The molecule has 1 amide bonds. The number of amides is 1. The number of ether oxygens (including phenoxy) is 2. The lowest BCUT2D eigenvalue weighted by molar-refractivity contribution is -0.156. The minimum atomic E-state index is -1.08. The number of hydrogen-bond acceptors (Lipinski definition) is 4. The number of carbonyl (C=O) groups is 2. The van der Waals surface area contributed by atoms with E-state index in [9.17, 15) is 9.59 Å². The molecule has 0 saturated carbocycles. The van der Waals surface area contributed by atoms with Crippen molar-refractivity contribution in [2.75, 3.05) is 11.9 Å². The summed E-state index contributed by atoms with van der Waals surface area (Å²) in [6.45, 7) is 5.51. The van der Waals surface area contributed by atoms with Crippen LogP contribution in [0.1, 0.15) is 28.4 Å². The highest BCUT2D eigenvalue weighted by molar-refractivity contribution is 5.96. The number of rotatable bonds is 7. The molecule has 154 valence electrons. The first kappa shape index (κ1) is 21.1. The summed E-state index contributed by atoms with van der Waals surface area (Å²) in [4.78, 5) is 25.4. The van der Waals surface area contributed by atoms with Crippen molar-refractivity contribution >= 4 is 17.6 Å². The molecule has 0 spiro atoms. The molecule has 5 nitrogen and oxygen atoms in total. The van der Waals surface area contributed by atoms with Crippen LogP contribution in [0.3, 0.4) is 0 Å². The van der Waals surface area contributed by atoms with Crippen LogP contribution in [-0.4, -0.2) is 18.5 Å². The fourth-order valence-electron chi connectivity index (χ4n) is 2.98. The highest BCUT2D eigenvalue weighted by atomic mass is 16.6. The van der Waals surface area contributed by atoms with Crippen LogP contribution in [0.5, 0.6) is 5.75 Å². The van der Waals surface area contributed by atoms with Gasteiger partial charge in [-0.15, -0.1) is 0 Å².